The third-order valence-corrected chi connectivity index (χ3v) is 4.08. The minimum atomic E-state index is 0.314. The van der Waals surface area contributed by atoms with E-state index in [0.717, 1.165) is 12.5 Å². The van der Waals surface area contributed by atoms with Crippen molar-refractivity contribution >= 4 is 5.95 Å². The monoisotopic (exact) mass is 250 g/mol. The highest BCUT2D eigenvalue weighted by atomic mass is 15.2. The summed E-state index contributed by atoms with van der Waals surface area (Å²) in [5, 5.41) is 3.42. The van der Waals surface area contributed by atoms with Crippen molar-refractivity contribution in [3.8, 4) is 0 Å². The molecule has 0 saturated heterocycles. The molecule has 2 rings (SSSR count). The first-order chi connectivity index (χ1) is 8.53. The summed E-state index contributed by atoms with van der Waals surface area (Å²) in [5.41, 5.74) is 0.314. The van der Waals surface area contributed by atoms with Crippen LogP contribution in [0.3, 0.4) is 0 Å². The number of nitrogens with one attached hydrogen (secondary N) is 1. The first kappa shape index (κ1) is 13.4. The van der Waals surface area contributed by atoms with E-state index >= 15 is 0 Å². The van der Waals surface area contributed by atoms with Gasteiger partial charge in [-0.2, -0.15) is 0 Å². The van der Waals surface area contributed by atoms with Crippen LogP contribution in [-0.4, -0.2) is 40.1 Å². The molecule has 1 aromatic rings. The first-order valence-corrected chi connectivity index (χ1v) is 6.99. The number of hydrogen-bond donors (Lipinski definition) is 1. The lowest BCUT2D eigenvalue weighted by atomic mass is 9.96. The van der Waals surface area contributed by atoms with E-state index in [0.29, 0.717) is 11.6 Å². The van der Waals surface area contributed by atoms with Gasteiger partial charge in [-0.3, -0.25) is 0 Å². The van der Waals surface area contributed by atoms with Gasteiger partial charge < -0.3 is 14.8 Å². The molecule has 0 spiro atoms. The summed E-state index contributed by atoms with van der Waals surface area (Å²) < 4.78 is 2.27. The lowest BCUT2D eigenvalue weighted by molar-refractivity contribution is 0.134. The van der Waals surface area contributed by atoms with E-state index in [1.165, 1.54) is 25.7 Å². The lowest BCUT2D eigenvalue weighted by Gasteiger charge is -2.37. The van der Waals surface area contributed by atoms with Crippen molar-refractivity contribution in [3.05, 3.63) is 12.4 Å². The van der Waals surface area contributed by atoms with Crippen LogP contribution in [0.1, 0.15) is 39.5 Å². The molecule has 4 nitrogen and oxygen atoms in total. The Morgan fingerprint density at radius 3 is 2.61 bits per heavy atom. The maximum Gasteiger partial charge on any atom is 0.203 e. The van der Waals surface area contributed by atoms with E-state index in [9.17, 15) is 0 Å². The molecule has 0 aromatic carbocycles. The number of anilines is 1. The Balaban J connectivity index is 2.14. The Labute approximate surface area is 110 Å². The second kappa shape index (κ2) is 5.31. The van der Waals surface area contributed by atoms with Crippen molar-refractivity contribution in [2.75, 3.05) is 19.4 Å². The highest BCUT2D eigenvalue weighted by Crippen LogP contribution is 2.35. The molecular formula is C14H26N4. The van der Waals surface area contributed by atoms with E-state index < -0.39 is 0 Å². The molecular weight excluding hydrogens is 224 g/mol. The molecule has 18 heavy (non-hydrogen) atoms. The summed E-state index contributed by atoms with van der Waals surface area (Å²) in [4.78, 5) is 6.82. The van der Waals surface area contributed by atoms with Gasteiger partial charge in [0.05, 0.1) is 0 Å². The fourth-order valence-electron chi connectivity index (χ4n) is 2.93. The molecule has 0 atom stereocenters. The van der Waals surface area contributed by atoms with Gasteiger partial charge in [0.15, 0.2) is 0 Å². The fraction of sp³-hybridized carbons (Fsp3) is 0.786. The van der Waals surface area contributed by atoms with Crippen molar-refractivity contribution in [1.82, 2.24) is 14.5 Å². The van der Waals surface area contributed by atoms with Crippen molar-refractivity contribution in [2.24, 2.45) is 0 Å². The van der Waals surface area contributed by atoms with E-state index in [1.54, 1.807) is 0 Å². The van der Waals surface area contributed by atoms with E-state index in [2.05, 4.69) is 53.9 Å². The zero-order valence-corrected chi connectivity index (χ0v) is 12.1. The minimum absolute atomic E-state index is 0.314. The maximum absolute atomic E-state index is 4.42. The zero-order valence-electron chi connectivity index (χ0n) is 12.1. The van der Waals surface area contributed by atoms with Crippen LogP contribution >= 0.6 is 0 Å². The first-order valence-electron chi connectivity index (χ1n) is 6.99. The van der Waals surface area contributed by atoms with Crippen molar-refractivity contribution in [3.63, 3.8) is 0 Å². The molecule has 1 N–H and O–H groups in total. The molecule has 1 aromatic heterocycles. The Bertz CT molecular complexity index is 375. The highest BCUT2D eigenvalue weighted by Gasteiger charge is 2.36. The smallest absolute Gasteiger partial charge is 0.203 e. The molecule has 4 heteroatoms. The highest BCUT2D eigenvalue weighted by molar-refractivity contribution is 5.27. The molecule has 0 amide bonds. The Kier molecular flexibility index (Phi) is 3.95. The van der Waals surface area contributed by atoms with Gasteiger partial charge in [0, 0.05) is 30.5 Å². The summed E-state index contributed by atoms with van der Waals surface area (Å²) in [6.07, 6.45) is 9.26. The van der Waals surface area contributed by atoms with Crippen LogP contribution in [0, 0.1) is 0 Å². The van der Waals surface area contributed by atoms with E-state index in [4.69, 9.17) is 0 Å². The lowest BCUT2D eigenvalue weighted by Crippen LogP contribution is -2.45. The number of imidazole rings is 1. The average Bonchev–Trinajstić information content (AvgIpc) is 2.89. The minimum Gasteiger partial charge on any atom is -0.353 e. The summed E-state index contributed by atoms with van der Waals surface area (Å²) in [5.74, 6) is 0.998. The quantitative estimate of drug-likeness (QED) is 0.872. The van der Waals surface area contributed by atoms with Gasteiger partial charge in [-0.05, 0) is 40.8 Å². The Morgan fingerprint density at radius 1 is 1.39 bits per heavy atom. The SMILES string of the molecule is CC(C)Nc1nccn1CC1(N(C)C)CCCC1. The van der Waals surface area contributed by atoms with Crippen LogP contribution in [0.2, 0.25) is 0 Å². The van der Waals surface area contributed by atoms with E-state index in [-0.39, 0.29) is 0 Å². The number of nitrogens with zero attached hydrogens (tertiary/aromatic N) is 3. The van der Waals surface area contributed by atoms with Gasteiger partial charge in [-0.25, -0.2) is 4.98 Å². The number of likely N-dealkylation sites (N-methyl/N-ethyl adjacent to an activating group) is 1. The summed E-state index contributed by atoms with van der Waals surface area (Å²) in [7, 11) is 4.41. The fourth-order valence-corrected chi connectivity index (χ4v) is 2.93. The van der Waals surface area contributed by atoms with Gasteiger partial charge in [0.25, 0.3) is 0 Å². The molecule has 1 saturated carbocycles. The van der Waals surface area contributed by atoms with E-state index in [1.807, 2.05) is 6.20 Å². The molecule has 0 aliphatic heterocycles. The normalized spacial score (nSPS) is 18.8. The molecule has 1 aliphatic carbocycles. The van der Waals surface area contributed by atoms with Crippen LogP contribution in [-0.2, 0) is 6.54 Å². The van der Waals surface area contributed by atoms with Crippen molar-refractivity contribution in [2.45, 2.75) is 57.7 Å². The largest absolute Gasteiger partial charge is 0.353 e. The average molecular weight is 250 g/mol. The summed E-state index contributed by atoms with van der Waals surface area (Å²) >= 11 is 0. The molecule has 1 heterocycles. The molecule has 0 radical (unpaired) electrons. The maximum atomic E-state index is 4.42. The molecule has 0 unspecified atom stereocenters. The summed E-state index contributed by atoms with van der Waals surface area (Å²) in [6, 6.07) is 0.421. The van der Waals surface area contributed by atoms with Crippen LogP contribution < -0.4 is 5.32 Å². The van der Waals surface area contributed by atoms with Gasteiger partial charge >= 0.3 is 0 Å². The third kappa shape index (κ3) is 2.69. The van der Waals surface area contributed by atoms with Gasteiger partial charge in [-0.15, -0.1) is 0 Å². The molecule has 102 valence electrons. The van der Waals surface area contributed by atoms with Crippen LogP contribution in [0.4, 0.5) is 5.95 Å². The number of rotatable bonds is 5. The van der Waals surface area contributed by atoms with Gasteiger partial charge in [0.1, 0.15) is 0 Å². The van der Waals surface area contributed by atoms with Gasteiger partial charge in [0.2, 0.25) is 5.95 Å². The standard InChI is InChI=1S/C14H26N4/c1-12(2)16-13-15-9-10-18(13)11-14(17(3)4)7-5-6-8-14/h9-10,12H,5-8,11H2,1-4H3,(H,15,16). The number of hydrogen-bond acceptors (Lipinski definition) is 3. The zero-order chi connectivity index (χ0) is 13.2. The molecule has 1 aliphatic rings. The topological polar surface area (TPSA) is 33.1 Å². The van der Waals surface area contributed by atoms with Crippen LogP contribution in [0.15, 0.2) is 12.4 Å². The Hall–Kier alpha value is -1.03. The van der Waals surface area contributed by atoms with Crippen molar-refractivity contribution < 1.29 is 0 Å². The predicted octanol–water partition coefficient (Wildman–Crippen LogP) is 2.58. The third-order valence-electron chi connectivity index (χ3n) is 4.08. The van der Waals surface area contributed by atoms with Crippen LogP contribution in [0.5, 0.6) is 0 Å². The van der Waals surface area contributed by atoms with Crippen LogP contribution in [0.25, 0.3) is 0 Å². The van der Waals surface area contributed by atoms with Gasteiger partial charge in [-0.1, -0.05) is 12.8 Å². The second-order valence-corrected chi connectivity index (χ2v) is 6.00. The van der Waals surface area contributed by atoms with Crippen molar-refractivity contribution in [1.29, 1.82) is 0 Å². The Morgan fingerprint density at radius 2 is 2.06 bits per heavy atom. The predicted molar refractivity (Wildman–Crippen MR) is 75.9 cm³/mol. The summed E-state index contributed by atoms with van der Waals surface area (Å²) in [6.45, 7) is 5.33. The second-order valence-electron chi connectivity index (χ2n) is 6.00. The molecule has 0 bridgehead atoms. The number of aromatic nitrogens is 2. The molecule has 1 fully saturated rings.